The number of benzene rings is 11. The van der Waals surface area contributed by atoms with Crippen molar-refractivity contribution in [3.05, 3.63) is 314 Å². The van der Waals surface area contributed by atoms with E-state index in [0.717, 1.165) is 45.0 Å². The Morgan fingerprint density at radius 3 is 0.988 bits per heavy atom. The lowest BCUT2D eigenvalue weighted by molar-refractivity contribution is 0.660. The Hall–Kier alpha value is -10.7. The molecular weight excluding hydrogens is 1040 g/mol. The van der Waals surface area contributed by atoms with E-state index in [9.17, 15) is 0 Å². The molecule has 0 radical (unpaired) electrons. The summed E-state index contributed by atoms with van der Waals surface area (Å²) in [5.74, 6) is 2.76. The van der Waals surface area contributed by atoms with Crippen LogP contribution in [0.2, 0.25) is 0 Å². The third-order valence-electron chi connectivity index (χ3n) is 16.1. The molecule has 0 saturated carbocycles. The highest BCUT2D eigenvalue weighted by Crippen LogP contribution is 2.50. The fourth-order valence-corrected chi connectivity index (χ4v) is 16.8. The molecule has 0 atom stereocenters. The molecule has 0 unspecified atom stereocenters. The number of fused-ring (bicyclic) bond motifs is 3. The van der Waals surface area contributed by atoms with Gasteiger partial charge in [-0.15, -0.1) is 0 Å². The van der Waals surface area contributed by atoms with Gasteiger partial charge < -0.3 is 4.90 Å². The smallest absolute Gasteiger partial charge is 0.241 e. The summed E-state index contributed by atoms with van der Waals surface area (Å²) in [6, 6.07) is 107. The Kier molecular flexibility index (Phi) is 13.4. The van der Waals surface area contributed by atoms with Crippen LogP contribution in [0.4, 0.5) is 34.6 Å². The molecule has 13 aromatic rings. The molecule has 2 aromatic heterocycles. The van der Waals surface area contributed by atoms with Crippen molar-refractivity contribution in [2.24, 2.45) is 0 Å². The molecule has 0 saturated heterocycles. The summed E-state index contributed by atoms with van der Waals surface area (Å²) >= 11 is 0. The van der Waals surface area contributed by atoms with E-state index in [4.69, 9.17) is 29.9 Å². The Labute approximate surface area is 490 Å². The van der Waals surface area contributed by atoms with Crippen LogP contribution in [0, 0.1) is 0 Å². The maximum Gasteiger partial charge on any atom is 0.241 e. The summed E-state index contributed by atoms with van der Waals surface area (Å²) in [5, 5.41) is 4.93. The van der Waals surface area contributed by atoms with Gasteiger partial charge in [-0.05, 0) is 91.5 Å². The van der Waals surface area contributed by atoms with Crippen molar-refractivity contribution < 1.29 is 0 Å². The van der Waals surface area contributed by atoms with E-state index in [1.165, 1.54) is 43.0 Å². The molecule has 400 valence electrons. The zero-order valence-corrected chi connectivity index (χ0v) is 47.4. The first kappa shape index (κ1) is 51.4. The molecule has 0 fully saturated rings. The monoisotopic (exact) mass is 1100 g/mol. The summed E-state index contributed by atoms with van der Waals surface area (Å²) < 4.78 is 0. The standard InChI is InChI=1S/C75H56N8Si/c1-75(2)67-41-25-24-40-65(67)66-51-46-60(52-68(66)75)82(57-34-18-7-19-35-57)58-42-47-63(48-43-58)84(61-36-20-8-21-37-61,62-38-22-9-23-39-62)64-49-44-59(45-50-64)83(73-78-69(53-26-10-3-11-27-53)76-70(79-73)54-28-12-4-13-29-54)74-80-71(55-30-14-5-15-31-55)77-72(81-74)56-32-16-6-17-33-56/h3-52H,1-2H3. The maximum absolute atomic E-state index is 5.31. The largest absolute Gasteiger partial charge is 0.310 e. The van der Waals surface area contributed by atoms with Crippen molar-refractivity contribution in [2.75, 3.05) is 9.80 Å². The fourth-order valence-electron chi connectivity index (χ4n) is 12.1. The molecule has 0 aliphatic heterocycles. The quantitative estimate of drug-likeness (QED) is 0.0787. The van der Waals surface area contributed by atoms with E-state index in [1.807, 2.05) is 126 Å². The van der Waals surface area contributed by atoms with E-state index in [-0.39, 0.29) is 5.41 Å². The van der Waals surface area contributed by atoms with Crippen LogP contribution < -0.4 is 30.5 Å². The second kappa shape index (κ2) is 22.0. The molecule has 1 aliphatic rings. The first-order chi connectivity index (χ1) is 41.4. The van der Waals surface area contributed by atoms with Gasteiger partial charge in [-0.1, -0.05) is 269 Å². The van der Waals surface area contributed by atoms with Crippen molar-refractivity contribution in [1.82, 2.24) is 29.9 Å². The lowest BCUT2D eigenvalue weighted by Crippen LogP contribution is -2.74. The van der Waals surface area contributed by atoms with Gasteiger partial charge in [-0.3, -0.25) is 0 Å². The molecule has 11 aromatic carbocycles. The predicted molar refractivity (Wildman–Crippen MR) is 346 cm³/mol. The van der Waals surface area contributed by atoms with Crippen LogP contribution in [0.3, 0.4) is 0 Å². The normalized spacial score (nSPS) is 12.3. The number of nitrogens with zero attached hydrogens (tertiary/aromatic N) is 8. The van der Waals surface area contributed by atoms with Crippen LogP contribution in [0.5, 0.6) is 0 Å². The fraction of sp³-hybridized carbons (Fsp3) is 0.0400. The van der Waals surface area contributed by atoms with Gasteiger partial charge in [0.05, 0.1) is 5.69 Å². The molecule has 14 rings (SSSR count). The van der Waals surface area contributed by atoms with Crippen molar-refractivity contribution >= 4 is 63.5 Å². The van der Waals surface area contributed by atoms with Gasteiger partial charge in [-0.2, -0.15) is 19.9 Å². The van der Waals surface area contributed by atoms with Gasteiger partial charge in [0.2, 0.25) is 11.9 Å². The minimum Gasteiger partial charge on any atom is -0.310 e. The molecule has 0 spiro atoms. The van der Waals surface area contributed by atoms with Crippen LogP contribution in [0.1, 0.15) is 25.0 Å². The lowest BCUT2D eigenvalue weighted by Gasteiger charge is -2.35. The molecule has 9 heteroatoms. The van der Waals surface area contributed by atoms with Crippen molar-refractivity contribution in [3.8, 4) is 56.7 Å². The van der Waals surface area contributed by atoms with Gasteiger partial charge in [0, 0.05) is 44.7 Å². The summed E-state index contributed by atoms with van der Waals surface area (Å²) in [7, 11) is -3.13. The molecule has 8 nitrogen and oxygen atoms in total. The van der Waals surface area contributed by atoms with Gasteiger partial charge in [-0.25, -0.2) is 14.9 Å². The molecule has 1 aliphatic carbocycles. The summed E-state index contributed by atoms with van der Waals surface area (Å²) in [6.07, 6.45) is 0. The Morgan fingerprint density at radius 1 is 0.262 bits per heavy atom. The zero-order chi connectivity index (χ0) is 56.5. The minimum absolute atomic E-state index is 0.152. The molecule has 0 N–H and O–H groups in total. The second-order valence-corrected chi connectivity index (χ2v) is 25.3. The number of aromatic nitrogens is 6. The number of rotatable bonds is 14. The van der Waals surface area contributed by atoms with Crippen LogP contribution >= 0.6 is 0 Å². The van der Waals surface area contributed by atoms with Crippen LogP contribution in [0.15, 0.2) is 303 Å². The number of hydrogen-bond donors (Lipinski definition) is 0. The Balaban J connectivity index is 0.955. The summed E-state index contributed by atoms with van der Waals surface area (Å²) in [6.45, 7) is 4.69. The van der Waals surface area contributed by atoms with Crippen LogP contribution in [-0.2, 0) is 5.41 Å². The molecule has 84 heavy (non-hydrogen) atoms. The number of hydrogen-bond acceptors (Lipinski definition) is 8. The van der Waals surface area contributed by atoms with Gasteiger partial charge in [0.25, 0.3) is 0 Å². The first-order valence-corrected chi connectivity index (χ1v) is 30.4. The molecule has 2 heterocycles. The van der Waals surface area contributed by atoms with Crippen molar-refractivity contribution in [1.29, 1.82) is 0 Å². The highest BCUT2D eigenvalue weighted by molar-refractivity contribution is 7.19. The SMILES string of the molecule is CC1(C)c2ccccc2-c2ccc(N(c3ccccc3)c3ccc([Si](c4ccccc4)(c4ccccc4)c4ccc(N(c5nc(-c6ccccc6)nc(-c6ccccc6)n5)c5nc(-c6ccccc6)nc(-c6ccccc6)n5)cc4)cc3)cc21. The van der Waals surface area contributed by atoms with Gasteiger partial charge in [0.1, 0.15) is 0 Å². The number of para-hydroxylation sites is 1. The van der Waals surface area contributed by atoms with E-state index in [0.29, 0.717) is 35.2 Å². The third kappa shape index (κ3) is 9.42. The molecule has 0 bridgehead atoms. The summed E-state index contributed by atoms with van der Waals surface area (Å²) in [5.41, 5.74) is 12.5. The lowest BCUT2D eigenvalue weighted by atomic mass is 9.82. The maximum atomic E-state index is 5.31. The van der Waals surface area contributed by atoms with Crippen molar-refractivity contribution in [3.63, 3.8) is 0 Å². The highest BCUT2D eigenvalue weighted by atomic mass is 28.3. The van der Waals surface area contributed by atoms with E-state index >= 15 is 0 Å². The minimum atomic E-state index is -3.13. The van der Waals surface area contributed by atoms with Crippen molar-refractivity contribution in [2.45, 2.75) is 19.3 Å². The molecular formula is C75H56N8Si. The van der Waals surface area contributed by atoms with E-state index in [1.54, 1.807) is 0 Å². The highest BCUT2D eigenvalue weighted by Gasteiger charge is 2.42. The van der Waals surface area contributed by atoms with E-state index in [2.05, 4.69) is 201 Å². The van der Waals surface area contributed by atoms with Gasteiger partial charge in [0.15, 0.2) is 31.4 Å². The average Bonchev–Trinajstić information content (AvgIpc) is 3.29. The topological polar surface area (TPSA) is 83.8 Å². The van der Waals surface area contributed by atoms with Crippen LogP contribution in [0.25, 0.3) is 56.7 Å². The van der Waals surface area contributed by atoms with Crippen LogP contribution in [-0.4, -0.2) is 38.0 Å². The second-order valence-electron chi connectivity index (χ2n) is 21.5. The summed E-state index contributed by atoms with van der Waals surface area (Å²) in [4.78, 5) is 35.8. The third-order valence-corrected chi connectivity index (χ3v) is 20.9. The first-order valence-electron chi connectivity index (χ1n) is 28.4. The Bertz CT molecular complexity index is 4140. The predicted octanol–water partition coefficient (Wildman–Crippen LogP) is 15.3. The number of anilines is 6. The molecule has 0 amide bonds. The van der Waals surface area contributed by atoms with Gasteiger partial charge >= 0.3 is 0 Å². The van der Waals surface area contributed by atoms with E-state index < -0.39 is 8.07 Å². The Morgan fingerprint density at radius 2 is 0.571 bits per heavy atom. The zero-order valence-electron chi connectivity index (χ0n) is 46.4. The average molecular weight is 1100 g/mol.